The third kappa shape index (κ3) is 1.32. The Bertz CT molecular complexity index is 554. The quantitative estimate of drug-likeness (QED) is 0.706. The minimum absolute atomic E-state index is 0.604. The third-order valence-electron chi connectivity index (χ3n) is 3.58. The van der Waals surface area contributed by atoms with Crippen molar-refractivity contribution >= 4 is 10.9 Å². The van der Waals surface area contributed by atoms with Gasteiger partial charge in [-0.2, -0.15) is 5.26 Å². The second kappa shape index (κ2) is 3.68. The van der Waals surface area contributed by atoms with Gasteiger partial charge in [-0.25, -0.2) is 0 Å². The molecule has 80 valence electrons. The van der Waals surface area contributed by atoms with Crippen LogP contribution in [0.15, 0.2) is 30.5 Å². The van der Waals surface area contributed by atoms with Gasteiger partial charge >= 0.3 is 0 Å². The van der Waals surface area contributed by atoms with E-state index in [1.165, 1.54) is 31.2 Å². The predicted octanol–water partition coefficient (Wildman–Crippen LogP) is 3.63. The molecule has 0 unspecified atom stereocenters. The molecule has 2 aromatic rings. The summed E-state index contributed by atoms with van der Waals surface area (Å²) in [4.78, 5) is 0. The molecule has 2 nitrogen and oxygen atoms in total. The number of aromatic nitrogens is 1. The average molecular weight is 210 g/mol. The summed E-state index contributed by atoms with van der Waals surface area (Å²) in [6.07, 6.45) is 7.17. The fourth-order valence-corrected chi connectivity index (χ4v) is 2.78. The summed E-state index contributed by atoms with van der Waals surface area (Å²) in [6, 6.07) is 11.1. The molecule has 1 saturated carbocycles. The fraction of sp³-hybridized carbons (Fsp3) is 0.357. The number of rotatable bonds is 1. The van der Waals surface area contributed by atoms with Gasteiger partial charge in [0, 0.05) is 23.1 Å². The molecule has 1 fully saturated rings. The second-order valence-corrected chi connectivity index (χ2v) is 4.52. The highest BCUT2D eigenvalue weighted by Crippen LogP contribution is 2.33. The van der Waals surface area contributed by atoms with Crippen LogP contribution in [0.1, 0.15) is 37.3 Å². The zero-order valence-electron chi connectivity index (χ0n) is 9.19. The molecular weight excluding hydrogens is 196 g/mol. The molecule has 1 aliphatic rings. The Morgan fingerprint density at radius 3 is 2.69 bits per heavy atom. The summed E-state index contributed by atoms with van der Waals surface area (Å²) < 4.78 is 2.31. The summed E-state index contributed by atoms with van der Waals surface area (Å²) in [5, 5.41) is 10.2. The molecule has 0 N–H and O–H groups in total. The van der Waals surface area contributed by atoms with Crippen LogP contribution in [0.4, 0.5) is 0 Å². The molecule has 1 aliphatic carbocycles. The van der Waals surface area contributed by atoms with Crippen LogP contribution in [0.3, 0.4) is 0 Å². The molecule has 0 saturated heterocycles. The van der Waals surface area contributed by atoms with Crippen LogP contribution < -0.4 is 0 Å². The Kier molecular flexibility index (Phi) is 2.18. The van der Waals surface area contributed by atoms with Gasteiger partial charge in [-0.3, -0.25) is 0 Å². The van der Waals surface area contributed by atoms with Gasteiger partial charge in [-0.05, 0) is 18.9 Å². The molecule has 1 aromatic heterocycles. The van der Waals surface area contributed by atoms with Crippen molar-refractivity contribution in [1.82, 2.24) is 4.57 Å². The summed E-state index contributed by atoms with van der Waals surface area (Å²) in [5.74, 6) is 0. The van der Waals surface area contributed by atoms with Gasteiger partial charge in [0.2, 0.25) is 0 Å². The maximum atomic E-state index is 9.13. The van der Waals surface area contributed by atoms with Crippen molar-refractivity contribution in [2.75, 3.05) is 0 Å². The van der Waals surface area contributed by atoms with Crippen LogP contribution in [0, 0.1) is 11.3 Å². The molecular formula is C14H14N2. The Labute approximate surface area is 95.1 Å². The highest BCUT2D eigenvalue weighted by atomic mass is 15.0. The van der Waals surface area contributed by atoms with E-state index in [0.29, 0.717) is 6.04 Å². The van der Waals surface area contributed by atoms with Crippen molar-refractivity contribution in [3.63, 3.8) is 0 Å². The fourth-order valence-electron chi connectivity index (χ4n) is 2.78. The SMILES string of the molecule is N#Cc1cn(C2CCCC2)c2ccccc12. The molecule has 0 atom stereocenters. The van der Waals surface area contributed by atoms with E-state index in [4.69, 9.17) is 5.26 Å². The molecule has 3 rings (SSSR count). The van der Waals surface area contributed by atoms with Crippen molar-refractivity contribution in [2.24, 2.45) is 0 Å². The lowest BCUT2D eigenvalue weighted by molar-refractivity contribution is 0.535. The zero-order valence-corrected chi connectivity index (χ0v) is 9.19. The van der Waals surface area contributed by atoms with Crippen LogP contribution in [0.2, 0.25) is 0 Å². The van der Waals surface area contributed by atoms with Crippen molar-refractivity contribution < 1.29 is 0 Å². The minimum Gasteiger partial charge on any atom is -0.343 e. The first kappa shape index (κ1) is 9.47. The smallest absolute Gasteiger partial charge is 0.101 e. The van der Waals surface area contributed by atoms with E-state index in [-0.39, 0.29) is 0 Å². The van der Waals surface area contributed by atoms with E-state index in [2.05, 4.69) is 22.8 Å². The summed E-state index contributed by atoms with van der Waals surface area (Å²) in [5.41, 5.74) is 2.02. The second-order valence-electron chi connectivity index (χ2n) is 4.52. The van der Waals surface area contributed by atoms with Gasteiger partial charge in [-0.15, -0.1) is 0 Å². The van der Waals surface area contributed by atoms with Crippen LogP contribution in [-0.2, 0) is 0 Å². The summed E-state index contributed by atoms with van der Waals surface area (Å²) in [7, 11) is 0. The predicted molar refractivity (Wildman–Crippen MR) is 64.2 cm³/mol. The van der Waals surface area contributed by atoms with Crippen LogP contribution >= 0.6 is 0 Å². The highest BCUT2D eigenvalue weighted by Gasteiger charge is 2.19. The Hall–Kier alpha value is -1.75. The van der Waals surface area contributed by atoms with E-state index in [1.54, 1.807) is 0 Å². The number of nitrogens with zero attached hydrogens (tertiary/aromatic N) is 2. The molecule has 0 radical (unpaired) electrons. The molecule has 1 heterocycles. The first-order chi connectivity index (χ1) is 7.90. The topological polar surface area (TPSA) is 28.7 Å². The molecule has 16 heavy (non-hydrogen) atoms. The molecule has 0 amide bonds. The van der Waals surface area contributed by atoms with Crippen LogP contribution in [0.5, 0.6) is 0 Å². The normalized spacial score (nSPS) is 16.7. The van der Waals surface area contributed by atoms with Gasteiger partial charge < -0.3 is 4.57 Å². The summed E-state index contributed by atoms with van der Waals surface area (Å²) in [6.45, 7) is 0. The van der Waals surface area contributed by atoms with Gasteiger partial charge in [-0.1, -0.05) is 31.0 Å². The van der Waals surface area contributed by atoms with Gasteiger partial charge in [0.25, 0.3) is 0 Å². The minimum atomic E-state index is 0.604. The van der Waals surface area contributed by atoms with E-state index in [1.807, 2.05) is 18.3 Å². The number of fused-ring (bicyclic) bond motifs is 1. The molecule has 0 bridgehead atoms. The van der Waals surface area contributed by atoms with Crippen molar-refractivity contribution in [3.05, 3.63) is 36.0 Å². The van der Waals surface area contributed by atoms with Crippen LogP contribution in [0.25, 0.3) is 10.9 Å². The van der Waals surface area contributed by atoms with Crippen LogP contribution in [-0.4, -0.2) is 4.57 Å². The Morgan fingerprint density at radius 1 is 1.19 bits per heavy atom. The Balaban J connectivity index is 2.21. The number of para-hydroxylation sites is 1. The number of benzene rings is 1. The monoisotopic (exact) mass is 210 g/mol. The summed E-state index contributed by atoms with van der Waals surface area (Å²) >= 11 is 0. The molecule has 0 aliphatic heterocycles. The first-order valence-corrected chi connectivity index (χ1v) is 5.90. The maximum Gasteiger partial charge on any atom is 0.101 e. The zero-order chi connectivity index (χ0) is 11.0. The Morgan fingerprint density at radius 2 is 1.94 bits per heavy atom. The lowest BCUT2D eigenvalue weighted by Gasteiger charge is -2.12. The van der Waals surface area contributed by atoms with E-state index < -0.39 is 0 Å². The van der Waals surface area contributed by atoms with Crippen molar-refractivity contribution in [3.8, 4) is 6.07 Å². The standard InChI is InChI=1S/C14H14N2/c15-9-11-10-16(12-5-1-2-6-12)14-8-4-3-7-13(11)14/h3-4,7-8,10,12H,1-2,5-6H2. The first-order valence-electron chi connectivity index (χ1n) is 5.90. The molecule has 1 aromatic carbocycles. The van der Waals surface area contributed by atoms with Crippen molar-refractivity contribution in [1.29, 1.82) is 5.26 Å². The number of hydrogen-bond acceptors (Lipinski definition) is 1. The lowest BCUT2D eigenvalue weighted by atomic mass is 10.2. The van der Waals surface area contributed by atoms with E-state index in [0.717, 1.165) is 10.9 Å². The van der Waals surface area contributed by atoms with Gasteiger partial charge in [0.05, 0.1) is 5.56 Å². The van der Waals surface area contributed by atoms with Gasteiger partial charge in [0.15, 0.2) is 0 Å². The highest BCUT2D eigenvalue weighted by molar-refractivity contribution is 5.86. The largest absolute Gasteiger partial charge is 0.343 e. The van der Waals surface area contributed by atoms with E-state index >= 15 is 0 Å². The maximum absolute atomic E-state index is 9.13. The van der Waals surface area contributed by atoms with Crippen molar-refractivity contribution in [2.45, 2.75) is 31.7 Å². The third-order valence-corrected chi connectivity index (χ3v) is 3.58. The average Bonchev–Trinajstić information content (AvgIpc) is 2.95. The lowest BCUT2D eigenvalue weighted by Crippen LogP contribution is -2.02. The van der Waals surface area contributed by atoms with Gasteiger partial charge in [0.1, 0.15) is 6.07 Å². The molecule has 0 spiro atoms. The number of nitriles is 1. The van der Waals surface area contributed by atoms with E-state index in [9.17, 15) is 0 Å². The number of hydrogen-bond donors (Lipinski definition) is 0. The molecule has 2 heteroatoms.